The first-order valence-electron chi connectivity index (χ1n) is 9.94. The Hall–Kier alpha value is -2.63. The van der Waals surface area contributed by atoms with E-state index in [1.807, 2.05) is 42.2 Å². The van der Waals surface area contributed by atoms with Gasteiger partial charge in [-0.15, -0.1) is 0 Å². The zero-order chi connectivity index (χ0) is 19.9. The average Bonchev–Trinajstić information content (AvgIpc) is 3.33. The minimum absolute atomic E-state index is 0.0235. The van der Waals surface area contributed by atoms with Gasteiger partial charge in [-0.2, -0.15) is 0 Å². The number of aryl methyl sites for hydroxylation is 2. The highest BCUT2D eigenvalue weighted by Gasteiger charge is 2.62. The van der Waals surface area contributed by atoms with Crippen molar-refractivity contribution in [2.24, 2.45) is 5.41 Å². The quantitative estimate of drug-likeness (QED) is 0.741. The zero-order valence-corrected chi connectivity index (χ0v) is 16.6. The smallest absolute Gasteiger partial charge is 0.314 e. The van der Waals surface area contributed by atoms with Gasteiger partial charge < -0.3 is 14.1 Å². The molecule has 0 saturated carbocycles. The fourth-order valence-corrected chi connectivity index (χ4v) is 5.05. The number of carbonyl (C=O) groups excluding carboxylic acids is 2. The third-order valence-corrected chi connectivity index (χ3v) is 6.12. The normalized spacial score (nSPS) is 25.9. The Morgan fingerprint density at radius 1 is 1.25 bits per heavy atom. The minimum Gasteiger partial charge on any atom is -0.465 e. The highest BCUT2D eigenvalue weighted by molar-refractivity contribution is 5.94. The summed E-state index contributed by atoms with van der Waals surface area (Å²) >= 11 is 0. The lowest BCUT2D eigenvalue weighted by Gasteiger charge is -2.35. The second kappa shape index (κ2) is 7.08. The number of nitrogens with zero attached hydrogens (tertiary/aromatic N) is 2. The number of oxazole rings is 1. The van der Waals surface area contributed by atoms with Crippen LogP contribution < -0.4 is 0 Å². The van der Waals surface area contributed by atoms with Gasteiger partial charge in [0.15, 0.2) is 5.89 Å². The molecule has 1 aromatic carbocycles. The fourth-order valence-electron chi connectivity index (χ4n) is 5.05. The molecule has 0 unspecified atom stereocenters. The van der Waals surface area contributed by atoms with Crippen LogP contribution in [0, 0.1) is 19.3 Å². The molecule has 2 fully saturated rings. The molecule has 1 amide bonds. The van der Waals surface area contributed by atoms with Crippen molar-refractivity contribution in [1.82, 2.24) is 9.88 Å². The van der Waals surface area contributed by atoms with Gasteiger partial charge >= 0.3 is 5.97 Å². The first-order chi connectivity index (χ1) is 13.5. The SMILES string of the molecule is CCOC(=O)[C@@]1(Cc2ccccc2)C[C@H]2CC[C@@H]1N2C(=O)c1oc(C)nc1C. The van der Waals surface area contributed by atoms with Crippen LogP contribution in [-0.4, -0.2) is 40.5 Å². The van der Waals surface area contributed by atoms with E-state index in [0.717, 1.165) is 18.4 Å². The van der Waals surface area contributed by atoms with Crippen molar-refractivity contribution in [2.45, 2.75) is 58.5 Å². The molecular weight excluding hydrogens is 356 g/mol. The predicted octanol–water partition coefficient (Wildman–Crippen LogP) is 3.46. The molecule has 3 heterocycles. The average molecular weight is 382 g/mol. The predicted molar refractivity (Wildman–Crippen MR) is 103 cm³/mol. The molecular formula is C22H26N2O4. The van der Waals surface area contributed by atoms with Crippen LogP contribution in [0.4, 0.5) is 0 Å². The molecule has 2 saturated heterocycles. The Bertz CT molecular complexity index is 891. The molecule has 3 atom stereocenters. The van der Waals surface area contributed by atoms with Crippen molar-refractivity contribution in [1.29, 1.82) is 0 Å². The Morgan fingerprint density at radius 2 is 2.00 bits per heavy atom. The Labute approximate surface area is 164 Å². The Morgan fingerprint density at radius 3 is 2.64 bits per heavy atom. The van der Waals surface area contributed by atoms with E-state index >= 15 is 0 Å². The van der Waals surface area contributed by atoms with Gasteiger partial charge in [0.2, 0.25) is 5.76 Å². The molecule has 6 heteroatoms. The minimum atomic E-state index is -0.709. The first kappa shape index (κ1) is 18.7. The molecule has 4 rings (SSSR count). The van der Waals surface area contributed by atoms with Crippen LogP contribution in [0.5, 0.6) is 0 Å². The topological polar surface area (TPSA) is 72.6 Å². The van der Waals surface area contributed by atoms with Gasteiger partial charge in [-0.1, -0.05) is 30.3 Å². The van der Waals surface area contributed by atoms with Gasteiger partial charge in [0.25, 0.3) is 5.91 Å². The first-order valence-corrected chi connectivity index (χ1v) is 9.94. The lowest BCUT2D eigenvalue weighted by molar-refractivity contribution is -0.157. The number of carbonyl (C=O) groups is 2. The summed E-state index contributed by atoms with van der Waals surface area (Å²) in [5.41, 5.74) is 0.972. The molecule has 0 N–H and O–H groups in total. The Balaban J connectivity index is 1.70. The number of hydrogen-bond acceptors (Lipinski definition) is 5. The molecule has 2 aliphatic heterocycles. The number of esters is 1. The van der Waals surface area contributed by atoms with Crippen LogP contribution in [-0.2, 0) is 16.0 Å². The molecule has 2 aromatic rings. The Kier molecular flexibility index (Phi) is 4.73. The van der Waals surface area contributed by atoms with Crippen molar-refractivity contribution in [2.75, 3.05) is 6.61 Å². The van der Waals surface area contributed by atoms with E-state index in [4.69, 9.17) is 9.15 Å². The summed E-state index contributed by atoms with van der Waals surface area (Å²) in [6, 6.07) is 9.82. The molecule has 0 radical (unpaired) electrons. The summed E-state index contributed by atoms with van der Waals surface area (Å²) in [5.74, 6) is 0.404. The van der Waals surface area contributed by atoms with Crippen LogP contribution in [0.2, 0.25) is 0 Å². The second-order valence-electron chi connectivity index (χ2n) is 7.85. The van der Waals surface area contributed by atoms with Crippen LogP contribution in [0.1, 0.15) is 53.9 Å². The van der Waals surface area contributed by atoms with Gasteiger partial charge in [0, 0.05) is 19.0 Å². The number of amides is 1. The molecule has 148 valence electrons. The lowest BCUT2D eigenvalue weighted by atomic mass is 9.70. The summed E-state index contributed by atoms with van der Waals surface area (Å²) in [6.45, 7) is 5.68. The van der Waals surface area contributed by atoms with E-state index in [2.05, 4.69) is 4.98 Å². The summed E-state index contributed by atoms with van der Waals surface area (Å²) in [4.78, 5) is 32.5. The van der Waals surface area contributed by atoms with Crippen LogP contribution in [0.3, 0.4) is 0 Å². The summed E-state index contributed by atoms with van der Waals surface area (Å²) in [7, 11) is 0. The second-order valence-corrected chi connectivity index (χ2v) is 7.85. The van der Waals surface area contributed by atoms with E-state index < -0.39 is 5.41 Å². The number of aromatic nitrogens is 1. The van der Waals surface area contributed by atoms with Gasteiger partial charge in [-0.05, 0) is 45.1 Å². The van der Waals surface area contributed by atoms with Crippen LogP contribution in [0.25, 0.3) is 0 Å². The van der Waals surface area contributed by atoms with Gasteiger partial charge in [0.1, 0.15) is 0 Å². The van der Waals surface area contributed by atoms with Crippen molar-refractivity contribution in [3.63, 3.8) is 0 Å². The van der Waals surface area contributed by atoms with E-state index in [1.165, 1.54) is 0 Å². The van der Waals surface area contributed by atoms with Crippen LogP contribution >= 0.6 is 0 Å². The number of ether oxygens (including phenoxy) is 1. The van der Waals surface area contributed by atoms with Gasteiger partial charge in [-0.3, -0.25) is 9.59 Å². The fraction of sp³-hybridized carbons (Fsp3) is 0.500. The summed E-state index contributed by atoms with van der Waals surface area (Å²) in [5, 5.41) is 0. The standard InChI is InChI=1S/C22H26N2O4/c1-4-27-21(26)22(12-16-8-6-5-7-9-16)13-17-10-11-18(22)24(17)20(25)19-14(2)23-15(3)28-19/h5-9,17-18H,4,10-13H2,1-3H3/t17-,18+,22+/m1/s1. The molecule has 0 spiro atoms. The van der Waals surface area contributed by atoms with E-state index in [1.54, 1.807) is 13.8 Å². The molecule has 2 aliphatic rings. The number of fused-ring (bicyclic) bond motifs is 2. The maximum Gasteiger partial charge on any atom is 0.314 e. The third-order valence-electron chi connectivity index (χ3n) is 6.12. The molecule has 0 aliphatic carbocycles. The molecule has 1 aromatic heterocycles. The highest BCUT2D eigenvalue weighted by atomic mass is 16.5. The van der Waals surface area contributed by atoms with E-state index in [0.29, 0.717) is 31.0 Å². The van der Waals surface area contributed by atoms with Gasteiger partial charge in [-0.25, -0.2) is 4.98 Å². The highest BCUT2D eigenvalue weighted by Crippen LogP contribution is 2.52. The van der Waals surface area contributed by atoms with E-state index in [9.17, 15) is 9.59 Å². The van der Waals surface area contributed by atoms with Crippen molar-refractivity contribution >= 4 is 11.9 Å². The molecule has 6 nitrogen and oxygen atoms in total. The van der Waals surface area contributed by atoms with Crippen molar-refractivity contribution < 1.29 is 18.7 Å². The third kappa shape index (κ3) is 2.91. The monoisotopic (exact) mass is 382 g/mol. The maximum atomic E-state index is 13.3. The summed E-state index contributed by atoms with van der Waals surface area (Å²) < 4.78 is 11.1. The molecule has 28 heavy (non-hydrogen) atoms. The largest absolute Gasteiger partial charge is 0.465 e. The van der Waals surface area contributed by atoms with Crippen LogP contribution in [0.15, 0.2) is 34.7 Å². The number of benzene rings is 1. The van der Waals surface area contributed by atoms with Gasteiger partial charge in [0.05, 0.1) is 17.7 Å². The van der Waals surface area contributed by atoms with Crippen molar-refractivity contribution in [3.05, 3.63) is 53.2 Å². The number of rotatable bonds is 5. The maximum absolute atomic E-state index is 13.3. The number of hydrogen-bond donors (Lipinski definition) is 0. The van der Waals surface area contributed by atoms with E-state index in [-0.39, 0.29) is 29.7 Å². The zero-order valence-electron chi connectivity index (χ0n) is 16.6. The van der Waals surface area contributed by atoms with Crippen molar-refractivity contribution in [3.8, 4) is 0 Å². The molecule has 2 bridgehead atoms. The lowest BCUT2D eigenvalue weighted by Crippen LogP contribution is -2.47. The summed E-state index contributed by atoms with van der Waals surface area (Å²) in [6.07, 6.45) is 2.90.